The zero-order chi connectivity index (χ0) is 22.9. The maximum atomic E-state index is 11.1. The van der Waals surface area contributed by atoms with E-state index in [1.165, 1.54) is 11.1 Å². The molecule has 3 aromatic rings. The number of aliphatic hydroxyl groups is 1. The summed E-state index contributed by atoms with van der Waals surface area (Å²) in [5, 5.41) is 14.4. The summed E-state index contributed by atoms with van der Waals surface area (Å²) in [6, 6.07) is 18.5. The Hall–Kier alpha value is -3.20. The Labute approximate surface area is 199 Å². The van der Waals surface area contributed by atoms with Gasteiger partial charge < -0.3 is 24.8 Å². The highest BCUT2D eigenvalue weighted by Crippen LogP contribution is 2.33. The van der Waals surface area contributed by atoms with Gasteiger partial charge >= 0.3 is 0 Å². The highest BCUT2D eigenvalue weighted by molar-refractivity contribution is 5.51. The fraction of sp³-hybridized carbons (Fsp3) is 0.385. The molecule has 34 heavy (non-hydrogen) atoms. The molecule has 0 amide bonds. The summed E-state index contributed by atoms with van der Waals surface area (Å²) in [5.74, 6) is 2.29. The smallest absolute Gasteiger partial charge is 0.191 e. The molecule has 0 aliphatic carbocycles. The molecule has 3 aliphatic rings. The lowest BCUT2D eigenvalue weighted by Crippen LogP contribution is -2.55. The Bertz CT molecular complexity index is 1160. The van der Waals surface area contributed by atoms with E-state index in [1.807, 2.05) is 30.3 Å². The van der Waals surface area contributed by atoms with E-state index in [1.54, 1.807) is 6.33 Å². The van der Waals surface area contributed by atoms with Gasteiger partial charge in [0.25, 0.3) is 0 Å². The third kappa shape index (κ3) is 4.20. The molecule has 8 nitrogen and oxygen atoms in total. The van der Waals surface area contributed by atoms with Crippen LogP contribution in [0.15, 0.2) is 60.9 Å². The van der Waals surface area contributed by atoms with Crippen LogP contribution >= 0.6 is 0 Å². The molecular weight excluding hydrogens is 430 g/mol. The number of nitrogens with one attached hydrogen (secondary N) is 1. The number of anilines is 2. The molecule has 1 aromatic heterocycles. The van der Waals surface area contributed by atoms with Crippen LogP contribution in [0.2, 0.25) is 0 Å². The third-order valence-electron chi connectivity index (χ3n) is 7.08. The summed E-state index contributed by atoms with van der Waals surface area (Å²) in [6.07, 6.45) is 2.72. The molecule has 1 saturated heterocycles. The Balaban J connectivity index is 1.12. The van der Waals surface area contributed by atoms with Crippen LogP contribution < -0.4 is 15.0 Å². The number of benzene rings is 2. The SMILES string of the molecule is O[C@@H]1CN(c2cc(NC3OCOc4ccccc43)ncn2)CC[C@H]1N1CCc2ccccc2C1. The predicted octanol–water partition coefficient (Wildman–Crippen LogP) is 2.95. The minimum absolute atomic E-state index is 0.163. The largest absolute Gasteiger partial charge is 0.467 e. The molecule has 8 heteroatoms. The van der Waals surface area contributed by atoms with Crippen LogP contribution in [0.25, 0.3) is 0 Å². The van der Waals surface area contributed by atoms with Crippen molar-refractivity contribution in [3.63, 3.8) is 0 Å². The van der Waals surface area contributed by atoms with Crippen LogP contribution in [0.5, 0.6) is 5.75 Å². The molecule has 0 spiro atoms. The average molecular weight is 460 g/mol. The number of aromatic nitrogens is 2. The van der Waals surface area contributed by atoms with Gasteiger partial charge in [0.05, 0.1) is 6.10 Å². The van der Waals surface area contributed by atoms with E-state index in [2.05, 4.69) is 49.4 Å². The van der Waals surface area contributed by atoms with Gasteiger partial charge in [0.15, 0.2) is 13.0 Å². The van der Waals surface area contributed by atoms with Gasteiger partial charge in [-0.1, -0.05) is 42.5 Å². The monoisotopic (exact) mass is 459 g/mol. The van der Waals surface area contributed by atoms with E-state index in [9.17, 15) is 5.11 Å². The van der Waals surface area contributed by atoms with E-state index in [-0.39, 0.29) is 19.1 Å². The van der Waals surface area contributed by atoms with Gasteiger partial charge in [-0.3, -0.25) is 4.90 Å². The maximum Gasteiger partial charge on any atom is 0.191 e. The lowest BCUT2D eigenvalue weighted by molar-refractivity contribution is -0.0472. The normalized spacial score (nSPS) is 24.6. The number of hydrogen-bond donors (Lipinski definition) is 2. The van der Waals surface area contributed by atoms with Crippen molar-refractivity contribution in [1.29, 1.82) is 0 Å². The number of piperidine rings is 1. The molecular formula is C26H29N5O3. The van der Waals surface area contributed by atoms with Gasteiger partial charge in [-0.2, -0.15) is 0 Å². The molecule has 0 saturated carbocycles. The van der Waals surface area contributed by atoms with Gasteiger partial charge in [-0.25, -0.2) is 9.97 Å². The quantitative estimate of drug-likeness (QED) is 0.616. The summed E-state index contributed by atoms with van der Waals surface area (Å²) in [5.41, 5.74) is 3.75. The van der Waals surface area contributed by atoms with E-state index >= 15 is 0 Å². The molecule has 176 valence electrons. The zero-order valence-corrected chi connectivity index (χ0v) is 19.0. The summed E-state index contributed by atoms with van der Waals surface area (Å²) in [7, 11) is 0. The summed E-state index contributed by atoms with van der Waals surface area (Å²) < 4.78 is 11.3. The predicted molar refractivity (Wildman–Crippen MR) is 129 cm³/mol. The van der Waals surface area contributed by atoms with Crippen LogP contribution in [0.4, 0.5) is 11.6 Å². The van der Waals surface area contributed by atoms with Crippen molar-refractivity contribution in [2.45, 2.75) is 37.8 Å². The van der Waals surface area contributed by atoms with Crippen molar-refractivity contribution in [3.05, 3.63) is 77.6 Å². The molecule has 0 bridgehead atoms. The number of nitrogens with zero attached hydrogens (tertiary/aromatic N) is 4. The lowest BCUT2D eigenvalue weighted by atomic mass is 9.94. The second-order valence-electron chi connectivity index (χ2n) is 9.11. The number of aliphatic hydroxyl groups excluding tert-OH is 1. The van der Waals surface area contributed by atoms with Gasteiger partial charge in [0.2, 0.25) is 0 Å². The maximum absolute atomic E-state index is 11.1. The number of para-hydroxylation sites is 1. The van der Waals surface area contributed by atoms with Crippen LogP contribution in [-0.4, -0.2) is 58.5 Å². The van der Waals surface area contributed by atoms with Crippen molar-refractivity contribution in [3.8, 4) is 5.75 Å². The van der Waals surface area contributed by atoms with Crippen LogP contribution in [0.1, 0.15) is 29.3 Å². The number of fused-ring (bicyclic) bond motifs is 2. The van der Waals surface area contributed by atoms with E-state index in [4.69, 9.17) is 9.47 Å². The Morgan fingerprint density at radius 1 is 1.00 bits per heavy atom. The molecule has 2 aromatic carbocycles. The molecule has 3 atom stereocenters. The first-order chi connectivity index (χ1) is 16.7. The van der Waals surface area contributed by atoms with E-state index < -0.39 is 6.10 Å². The Morgan fingerprint density at radius 2 is 1.85 bits per heavy atom. The molecule has 1 fully saturated rings. The highest BCUT2D eigenvalue weighted by atomic mass is 16.7. The fourth-order valence-electron chi connectivity index (χ4n) is 5.29. The topological polar surface area (TPSA) is 83.0 Å². The highest BCUT2D eigenvalue weighted by Gasteiger charge is 2.34. The third-order valence-corrected chi connectivity index (χ3v) is 7.08. The van der Waals surface area contributed by atoms with Crippen molar-refractivity contribution < 1.29 is 14.6 Å². The fourth-order valence-corrected chi connectivity index (χ4v) is 5.29. The second-order valence-corrected chi connectivity index (χ2v) is 9.11. The Kier molecular flexibility index (Phi) is 5.78. The van der Waals surface area contributed by atoms with Crippen LogP contribution in [0.3, 0.4) is 0 Å². The van der Waals surface area contributed by atoms with Crippen molar-refractivity contribution >= 4 is 11.6 Å². The number of β-amino-alcohol motifs (C(OH)–C–C–N with tert-alkyl or cyclic N) is 1. The molecule has 4 heterocycles. The van der Waals surface area contributed by atoms with Gasteiger partial charge in [0, 0.05) is 43.9 Å². The number of rotatable bonds is 4. The standard InChI is InChI=1S/C26H29N5O3/c32-22-15-31(12-10-21(22)30-11-9-18-5-1-2-6-19(18)14-30)25-13-24(27-16-28-25)29-26-20-7-3-4-8-23(20)33-17-34-26/h1-8,13,16,21-22,26,32H,9-12,14-15,17H2,(H,27,28,29)/t21-,22-,26?/m1/s1. The van der Waals surface area contributed by atoms with Crippen LogP contribution in [-0.2, 0) is 17.7 Å². The first-order valence-corrected chi connectivity index (χ1v) is 11.9. The van der Waals surface area contributed by atoms with Gasteiger partial charge in [-0.15, -0.1) is 0 Å². The number of hydrogen-bond acceptors (Lipinski definition) is 8. The summed E-state index contributed by atoms with van der Waals surface area (Å²) >= 11 is 0. The molecule has 2 N–H and O–H groups in total. The summed E-state index contributed by atoms with van der Waals surface area (Å²) in [4.78, 5) is 13.5. The minimum Gasteiger partial charge on any atom is -0.467 e. The van der Waals surface area contributed by atoms with Crippen molar-refractivity contribution in [2.24, 2.45) is 0 Å². The van der Waals surface area contributed by atoms with Gasteiger partial charge in [-0.05, 0) is 30.0 Å². The average Bonchev–Trinajstić information content (AvgIpc) is 2.89. The number of ether oxygens (including phenoxy) is 2. The van der Waals surface area contributed by atoms with E-state index in [0.717, 1.165) is 49.6 Å². The summed E-state index contributed by atoms with van der Waals surface area (Å²) in [6.45, 7) is 3.48. The van der Waals surface area contributed by atoms with Crippen LogP contribution in [0, 0.1) is 0 Å². The molecule has 3 aliphatic heterocycles. The first-order valence-electron chi connectivity index (χ1n) is 11.9. The zero-order valence-electron chi connectivity index (χ0n) is 19.0. The van der Waals surface area contributed by atoms with Gasteiger partial charge in [0.1, 0.15) is 23.7 Å². The van der Waals surface area contributed by atoms with Crippen molar-refractivity contribution in [1.82, 2.24) is 14.9 Å². The molecule has 0 radical (unpaired) electrons. The molecule has 1 unspecified atom stereocenters. The molecule has 6 rings (SSSR count). The minimum atomic E-state index is -0.434. The van der Waals surface area contributed by atoms with E-state index in [0.29, 0.717) is 12.4 Å². The first kappa shape index (κ1) is 21.3. The van der Waals surface area contributed by atoms with Crippen molar-refractivity contribution in [2.75, 3.05) is 36.6 Å². The second kappa shape index (κ2) is 9.21. The Morgan fingerprint density at radius 3 is 2.76 bits per heavy atom. The lowest BCUT2D eigenvalue weighted by Gasteiger charge is -2.43.